The minimum absolute atomic E-state index is 0.0748. The van der Waals surface area contributed by atoms with Crippen LogP contribution >= 0.6 is 0 Å². The summed E-state index contributed by atoms with van der Waals surface area (Å²) >= 11 is 0. The van der Waals surface area contributed by atoms with Gasteiger partial charge in [0.15, 0.2) is 0 Å². The van der Waals surface area contributed by atoms with Gasteiger partial charge in [0, 0.05) is 12.1 Å². The highest BCUT2D eigenvalue weighted by Gasteiger charge is 2.56. The minimum Gasteiger partial charge on any atom is -0.351 e. The smallest absolute Gasteiger partial charge is 0.240 e. The first-order valence-electron chi connectivity index (χ1n) is 7.71. The molecule has 1 aliphatic carbocycles. The number of benzene rings is 2. The first-order valence-corrected chi connectivity index (χ1v) is 7.71. The Morgan fingerprint density at radius 3 is 2.08 bits per heavy atom. The van der Waals surface area contributed by atoms with Crippen molar-refractivity contribution < 1.29 is 22.8 Å². The molecule has 0 bridgehead atoms. The van der Waals surface area contributed by atoms with Crippen LogP contribution in [0.5, 0.6) is 0 Å². The van der Waals surface area contributed by atoms with Crippen LogP contribution in [0.3, 0.4) is 0 Å². The average molecular weight is 348 g/mol. The van der Waals surface area contributed by atoms with E-state index in [1.54, 1.807) is 6.07 Å². The van der Waals surface area contributed by atoms with Gasteiger partial charge in [0.2, 0.25) is 11.8 Å². The van der Waals surface area contributed by atoms with E-state index in [1.807, 2.05) is 0 Å². The Morgan fingerprint density at radius 2 is 1.48 bits per heavy atom. The Labute approximate surface area is 142 Å². The fourth-order valence-corrected chi connectivity index (χ4v) is 2.52. The molecule has 2 N–H and O–H groups in total. The second-order valence-corrected chi connectivity index (χ2v) is 5.91. The number of hydrogen-bond acceptors (Lipinski definition) is 2. The van der Waals surface area contributed by atoms with Crippen molar-refractivity contribution in [2.45, 2.75) is 19.4 Å². The summed E-state index contributed by atoms with van der Waals surface area (Å²) in [5, 5.41) is 4.66. The highest BCUT2D eigenvalue weighted by Crippen LogP contribution is 2.47. The van der Waals surface area contributed by atoms with Crippen LogP contribution in [-0.4, -0.2) is 11.8 Å². The zero-order chi connectivity index (χ0) is 18.0. The lowest BCUT2D eigenvalue weighted by Gasteiger charge is -2.16. The molecule has 2 aromatic rings. The number of amides is 2. The van der Waals surface area contributed by atoms with Crippen LogP contribution in [0, 0.1) is 22.9 Å². The minimum atomic E-state index is -1.38. The Morgan fingerprint density at radius 1 is 0.880 bits per heavy atom. The average Bonchev–Trinajstić information content (AvgIpc) is 3.39. The number of hydrogen-bond donors (Lipinski definition) is 2. The molecule has 0 aromatic heterocycles. The molecule has 3 rings (SSSR count). The van der Waals surface area contributed by atoms with E-state index in [0.29, 0.717) is 0 Å². The van der Waals surface area contributed by atoms with Gasteiger partial charge in [-0.3, -0.25) is 9.59 Å². The fraction of sp³-hybridized carbons (Fsp3) is 0.222. The maximum Gasteiger partial charge on any atom is 0.240 e. The van der Waals surface area contributed by atoms with Gasteiger partial charge in [-0.25, -0.2) is 13.2 Å². The van der Waals surface area contributed by atoms with Crippen LogP contribution in [0.1, 0.15) is 18.4 Å². The number of rotatable bonds is 5. The van der Waals surface area contributed by atoms with Crippen molar-refractivity contribution in [1.82, 2.24) is 5.32 Å². The van der Waals surface area contributed by atoms with Crippen molar-refractivity contribution in [1.29, 1.82) is 0 Å². The summed E-state index contributed by atoms with van der Waals surface area (Å²) in [6, 6.07) is 9.14. The zero-order valence-corrected chi connectivity index (χ0v) is 13.1. The molecule has 0 unspecified atom stereocenters. The van der Waals surface area contributed by atoms with Crippen molar-refractivity contribution in [3.8, 4) is 0 Å². The Bertz CT molecular complexity index is 815. The lowest BCUT2D eigenvalue weighted by molar-refractivity contribution is -0.134. The molecule has 0 heterocycles. The molecule has 0 atom stereocenters. The molecular weight excluding hydrogens is 333 g/mol. The van der Waals surface area contributed by atoms with Gasteiger partial charge >= 0.3 is 0 Å². The summed E-state index contributed by atoms with van der Waals surface area (Å²) < 4.78 is 40.8. The third kappa shape index (κ3) is 3.35. The highest BCUT2D eigenvalue weighted by molar-refractivity contribution is 6.13. The van der Waals surface area contributed by atoms with Crippen LogP contribution in [0.2, 0.25) is 0 Å². The Kier molecular flexibility index (Phi) is 4.48. The fourth-order valence-electron chi connectivity index (χ4n) is 2.52. The number of nitrogens with one attached hydrogen (secondary N) is 2. The molecule has 1 fully saturated rings. The maximum atomic E-state index is 13.6. The van der Waals surface area contributed by atoms with E-state index >= 15 is 0 Å². The topological polar surface area (TPSA) is 58.2 Å². The molecule has 1 aliphatic rings. The van der Waals surface area contributed by atoms with E-state index in [0.717, 1.165) is 12.1 Å². The summed E-state index contributed by atoms with van der Waals surface area (Å²) in [4.78, 5) is 24.7. The predicted octanol–water partition coefficient (Wildman–Crippen LogP) is 3.14. The molecule has 0 spiro atoms. The normalized spacial score (nSPS) is 14.7. The highest BCUT2D eigenvalue weighted by atomic mass is 19.1. The molecule has 130 valence electrons. The molecule has 25 heavy (non-hydrogen) atoms. The molecule has 4 nitrogen and oxygen atoms in total. The van der Waals surface area contributed by atoms with Gasteiger partial charge in [-0.05, 0) is 31.0 Å². The number of para-hydroxylation sites is 1. The molecule has 7 heteroatoms. The van der Waals surface area contributed by atoms with Crippen molar-refractivity contribution in [2.75, 3.05) is 5.32 Å². The largest absolute Gasteiger partial charge is 0.351 e. The standard InChI is InChI=1S/C18H15F3N2O2/c19-12-5-2-1-4-11(12)10-22-16(24)18(8-9-18)17(25)23-15-13(20)6-3-7-14(15)21/h1-7H,8-10H2,(H,22,24)(H,23,25). The van der Waals surface area contributed by atoms with E-state index in [1.165, 1.54) is 24.3 Å². The van der Waals surface area contributed by atoms with E-state index < -0.39 is 40.4 Å². The molecular formula is C18H15F3N2O2. The van der Waals surface area contributed by atoms with Gasteiger partial charge in [-0.1, -0.05) is 24.3 Å². The second-order valence-electron chi connectivity index (χ2n) is 5.91. The van der Waals surface area contributed by atoms with Crippen molar-refractivity contribution >= 4 is 17.5 Å². The number of carbonyl (C=O) groups excluding carboxylic acids is 2. The van der Waals surface area contributed by atoms with Crippen LogP contribution < -0.4 is 10.6 Å². The van der Waals surface area contributed by atoms with Gasteiger partial charge in [0.05, 0.1) is 0 Å². The molecule has 0 radical (unpaired) electrons. The lowest BCUT2D eigenvalue weighted by Crippen LogP contribution is -2.40. The van der Waals surface area contributed by atoms with Gasteiger partial charge < -0.3 is 10.6 Å². The third-order valence-electron chi connectivity index (χ3n) is 4.22. The number of anilines is 1. The van der Waals surface area contributed by atoms with Gasteiger partial charge in [0.1, 0.15) is 28.6 Å². The van der Waals surface area contributed by atoms with Crippen LogP contribution in [0.25, 0.3) is 0 Å². The third-order valence-corrected chi connectivity index (χ3v) is 4.22. The summed E-state index contributed by atoms with van der Waals surface area (Å²) in [6.07, 6.45) is 0.524. The van der Waals surface area contributed by atoms with Gasteiger partial charge in [0.25, 0.3) is 0 Å². The van der Waals surface area contributed by atoms with Crippen LogP contribution in [-0.2, 0) is 16.1 Å². The maximum absolute atomic E-state index is 13.6. The van der Waals surface area contributed by atoms with Crippen molar-refractivity contribution in [2.24, 2.45) is 5.41 Å². The summed E-state index contributed by atoms with van der Waals surface area (Å²) in [7, 11) is 0. The van der Waals surface area contributed by atoms with E-state index in [9.17, 15) is 22.8 Å². The summed E-state index contributed by atoms with van der Waals surface area (Å²) in [6.45, 7) is -0.0748. The van der Waals surface area contributed by atoms with E-state index in [4.69, 9.17) is 0 Å². The summed E-state index contributed by atoms with van der Waals surface area (Å²) in [5.74, 6) is -3.68. The van der Waals surface area contributed by atoms with Gasteiger partial charge in [-0.15, -0.1) is 0 Å². The molecule has 2 amide bonds. The zero-order valence-electron chi connectivity index (χ0n) is 13.1. The Balaban J connectivity index is 1.68. The first kappa shape index (κ1) is 17.0. The number of halogens is 3. The molecule has 0 aliphatic heterocycles. The van der Waals surface area contributed by atoms with Crippen molar-refractivity contribution in [3.63, 3.8) is 0 Å². The van der Waals surface area contributed by atoms with Gasteiger partial charge in [-0.2, -0.15) is 0 Å². The molecule has 0 saturated heterocycles. The van der Waals surface area contributed by atoms with E-state index in [2.05, 4.69) is 10.6 Å². The van der Waals surface area contributed by atoms with E-state index in [-0.39, 0.29) is 24.9 Å². The Hall–Kier alpha value is -2.83. The molecule has 2 aromatic carbocycles. The monoisotopic (exact) mass is 348 g/mol. The summed E-state index contributed by atoms with van der Waals surface area (Å²) in [5.41, 5.74) is -1.67. The van der Waals surface area contributed by atoms with Crippen LogP contribution in [0.15, 0.2) is 42.5 Å². The SMILES string of the molecule is O=C(NCc1ccccc1F)C1(C(=O)Nc2c(F)cccc2F)CC1. The number of carbonyl (C=O) groups is 2. The molecule has 1 saturated carbocycles. The lowest BCUT2D eigenvalue weighted by atomic mass is 10.0. The van der Waals surface area contributed by atoms with Crippen molar-refractivity contribution in [3.05, 3.63) is 65.5 Å². The second kappa shape index (κ2) is 6.58. The first-order chi connectivity index (χ1) is 11.9. The van der Waals surface area contributed by atoms with Crippen LogP contribution in [0.4, 0.5) is 18.9 Å². The predicted molar refractivity (Wildman–Crippen MR) is 84.9 cm³/mol. The quantitative estimate of drug-likeness (QED) is 0.816.